The van der Waals surface area contributed by atoms with E-state index >= 15 is 0 Å². The zero-order chi connectivity index (χ0) is 21.8. The fourth-order valence-corrected chi connectivity index (χ4v) is 2.91. The molecule has 2 aromatic carbocycles. The van der Waals surface area contributed by atoms with E-state index in [4.69, 9.17) is 27.9 Å². The number of amides is 1. The molecule has 30 heavy (non-hydrogen) atoms. The lowest BCUT2D eigenvalue weighted by molar-refractivity contribution is -0.389. The molecule has 9 nitrogen and oxygen atoms in total. The minimum absolute atomic E-state index is 0.00197. The number of nitrogens with one attached hydrogen (secondary N) is 1. The van der Waals surface area contributed by atoms with Gasteiger partial charge in [-0.15, -0.1) is 0 Å². The molecule has 0 unspecified atom stereocenters. The Balaban J connectivity index is 1.86. The number of halogens is 2. The Morgan fingerprint density at radius 3 is 2.50 bits per heavy atom. The number of carboxylic acid groups (broad SMARTS) is 1. The Morgan fingerprint density at radius 2 is 1.83 bits per heavy atom. The van der Waals surface area contributed by atoms with E-state index in [0.29, 0.717) is 5.02 Å². The number of ether oxygens (including phenoxy) is 1. The highest BCUT2D eigenvalue weighted by atomic mass is 35.5. The van der Waals surface area contributed by atoms with Crippen molar-refractivity contribution in [3.8, 4) is 11.6 Å². The van der Waals surface area contributed by atoms with Crippen LogP contribution in [0, 0.1) is 10.1 Å². The molecule has 0 saturated heterocycles. The number of carbonyl (C=O) groups is 2. The van der Waals surface area contributed by atoms with Crippen molar-refractivity contribution in [1.29, 1.82) is 0 Å². The van der Waals surface area contributed by atoms with Gasteiger partial charge in [0.2, 0.25) is 0 Å². The number of carboxylic acids is 1. The largest absolute Gasteiger partial charge is 0.478 e. The number of carbonyl (C=O) groups excluding carboxylic acids is 1. The molecule has 3 aromatic rings. The molecule has 152 valence electrons. The van der Waals surface area contributed by atoms with E-state index in [9.17, 15) is 24.8 Å². The van der Waals surface area contributed by atoms with Gasteiger partial charge in [-0.05, 0) is 47.4 Å². The first kappa shape index (κ1) is 21.0. The fourth-order valence-electron chi connectivity index (χ4n) is 2.42. The first-order valence-electron chi connectivity index (χ1n) is 8.17. The topological polar surface area (TPSA) is 132 Å². The van der Waals surface area contributed by atoms with Gasteiger partial charge in [0.25, 0.3) is 5.91 Å². The number of rotatable bonds is 6. The molecule has 0 fully saturated rings. The summed E-state index contributed by atoms with van der Waals surface area (Å²) in [6.07, 6.45) is 0. The molecule has 0 aliphatic heterocycles. The van der Waals surface area contributed by atoms with E-state index in [1.54, 1.807) is 0 Å². The molecule has 11 heteroatoms. The van der Waals surface area contributed by atoms with Crippen LogP contribution in [0.2, 0.25) is 10.0 Å². The summed E-state index contributed by atoms with van der Waals surface area (Å²) < 4.78 is 5.41. The maximum atomic E-state index is 12.5. The third kappa shape index (κ3) is 4.83. The Kier molecular flexibility index (Phi) is 6.14. The minimum Gasteiger partial charge on any atom is -0.478 e. The van der Waals surface area contributed by atoms with Crippen molar-refractivity contribution in [1.82, 2.24) is 4.98 Å². The van der Waals surface area contributed by atoms with Crippen molar-refractivity contribution in [2.24, 2.45) is 0 Å². The second-order valence-corrected chi connectivity index (χ2v) is 6.63. The standard InChI is InChI=1S/C19H11Cl2N3O6/c20-10-4-6-12(14(21)8-10)18(25)22-15-7-5-11(9-13(15)19(26)27)30-17-3-1-2-16(23-17)24(28)29/h1-9H,(H,22,25)(H,26,27). The number of aromatic nitrogens is 1. The highest BCUT2D eigenvalue weighted by molar-refractivity contribution is 6.37. The molecular formula is C19H11Cl2N3O6. The third-order valence-electron chi connectivity index (χ3n) is 3.76. The van der Waals surface area contributed by atoms with Gasteiger partial charge in [-0.2, -0.15) is 0 Å². The second kappa shape index (κ2) is 8.76. The SMILES string of the molecule is O=C(Nc1ccc(Oc2cccc([N+](=O)[O-])n2)cc1C(=O)O)c1ccc(Cl)cc1Cl. The van der Waals surface area contributed by atoms with Gasteiger partial charge in [0, 0.05) is 22.1 Å². The molecule has 0 atom stereocenters. The van der Waals surface area contributed by atoms with Crippen LogP contribution in [-0.4, -0.2) is 26.9 Å². The van der Waals surface area contributed by atoms with Gasteiger partial charge in [-0.3, -0.25) is 4.79 Å². The lowest BCUT2D eigenvalue weighted by Crippen LogP contribution is -2.15. The van der Waals surface area contributed by atoms with Crippen LogP contribution in [-0.2, 0) is 0 Å². The van der Waals surface area contributed by atoms with E-state index in [1.807, 2.05) is 0 Å². The Morgan fingerprint density at radius 1 is 1.07 bits per heavy atom. The van der Waals surface area contributed by atoms with Crippen LogP contribution in [0.15, 0.2) is 54.6 Å². The molecule has 1 amide bonds. The number of hydrogen-bond donors (Lipinski definition) is 2. The summed E-state index contributed by atoms with van der Waals surface area (Å²) in [7, 11) is 0. The Hall–Kier alpha value is -3.69. The summed E-state index contributed by atoms with van der Waals surface area (Å²) in [5.74, 6) is -2.42. The van der Waals surface area contributed by atoms with E-state index in [1.165, 1.54) is 48.5 Å². The van der Waals surface area contributed by atoms with Crippen LogP contribution < -0.4 is 10.1 Å². The molecule has 0 bridgehead atoms. The van der Waals surface area contributed by atoms with Gasteiger partial charge < -0.3 is 25.3 Å². The third-order valence-corrected chi connectivity index (χ3v) is 4.31. The fraction of sp³-hybridized carbons (Fsp3) is 0. The number of benzene rings is 2. The number of anilines is 1. The normalized spacial score (nSPS) is 10.3. The smallest absolute Gasteiger partial charge is 0.367 e. The summed E-state index contributed by atoms with van der Waals surface area (Å²) in [5, 5.41) is 23.2. The minimum atomic E-state index is -1.33. The summed E-state index contributed by atoms with van der Waals surface area (Å²) >= 11 is 11.8. The maximum absolute atomic E-state index is 12.5. The second-order valence-electron chi connectivity index (χ2n) is 5.78. The summed E-state index contributed by atoms with van der Waals surface area (Å²) in [4.78, 5) is 37.9. The first-order chi connectivity index (χ1) is 14.2. The Bertz CT molecular complexity index is 1170. The van der Waals surface area contributed by atoms with Crippen LogP contribution in [0.4, 0.5) is 11.5 Å². The molecule has 2 N–H and O–H groups in total. The zero-order valence-electron chi connectivity index (χ0n) is 14.8. The first-order valence-corrected chi connectivity index (χ1v) is 8.93. The van der Waals surface area contributed by atoms with Crippen LogP contribution >= 0.6 is 23.2 Å². The Labute approximate surface area is 179 Å². The zero-order valence-corrected chi connectivity index (χ0v) is 16.3. The predicted octanol–water partition coefficient (Wildman–Crippen LogP) is 5.04. The van der Waals surface area contributed by atoms with E-state index < -0.39 is 22.6 Å². The highest BCUT2D eigenvalue weighted by Crippen LogP contribution is 2.28. The van der Waals surface area contributed by atoms with Crippen molar-refractivity contribution >= 4 is 46.6 Å². The average molecular weight is 448 g/mol. The highest BCUT2D eigenvalue weighted by Gasteiger charge is 2.18. The van der Waals surface area contributed by atoms with Crippen molar-refractivity contribution in [2.45, 2.75) is 0 Å². The molecule has 1 heterocycles. The van der Waals surface area contributed by atoms with E-state index in [2.05, 4.69) is 10.3 Å². The molecular weight excluding hydrogens is 437 g/mol. The molecule has 0 saturated carbocycles. The molecule has 0 spiro atoms. The number of aromatic carboxylic acids is 1. The van der Waals surface area contributed by atoms with Gasteiger partial charge >= 0.3 is 17.7 Å². The molecule has 1 aromatic heterocycles. The monoisotopic (exact) mass is 447 g/mol. The molecule has 0 aliphatic carbocycles. The van der Waals surface area contributed by atoms with Crippen molar-refractivity contribution < 1.29 is 24.4 Å². The summed E-state index contributed by atoms with van der Waals surface area (Å²) in [6, 6.07) is 12.1. The average Bonchev–Trinajstić information content (AvgIpc) is 2.69. The quantitative estimate of drug-likeness (QED) is 0.399. The van der Waals surface area contributed by atoms with Gasteiger partial charge in [0.15, 0.2) is 0 Å². The number of hydrogen-bond acceptors (Lipinski definition) is 6. The maximum Gasteiger partial charge on any atom is 0.367 e. The van der Waals surface area contributed by atoms with Gasteiger partial charge in [0.05, 0.1) is 21.8 Å². The molecule has 3 rings (SSSR count). The van der Waals surface area contributed by atoms with Crippen LogP contribution in [0.1, 0.15) is 20.7 Å². The lowest BCUT2D eigenvalue weighted by Gasteiger charge is -2.11. The van der Waals surface area contributed by atoms with Crippen molar-refractivity contribution in [3.05, 3.63) is 85.9 Å². The molecule has 0 radical (unpaired) electrons. The predicted molar refractivity (Wildman–Crippen MR) is 109 cm³/mol. The summed E-state index contributed by atoms with van der Waals surface area (Å²) in [5.41, 5.74) is -0.159. The van der Waals surface area contributed by atoms with Crippen LogP contribution in [0.25, 0.3) is 0 Å². The van der Waals surface area contributed by atoms with Crippen molar-refractivity contribution in [2.75, 3.05) is 5.32 Å². The van der Waals surface area contributed by atoms with E-state index in [-0.39, 0.29) is 33.5 Å². The number of nitro groups is 1. The van der Waals surface area contributed by atoms with Crippen molar-refractivity contribution in [3.63, 3.8) is 0 Å². The van der Waals surface area contributed by atoms with E-state index in [0.717, 1.165) is 6.07 Å². The number of nitrogens with zero attached hydrogens (tertiary/aromatic N) is 2. The van der Waals surface area contributed by atoms with Crippen LogP contribution in [0.5, 0.6) is 11.6 Å². The molecule has 0 aliphatic rings. The number of pyridine rings is 1. The van der Waals surface area contributed by atoms with Gasteiger partial charge in [-0.1, -0.05) is 23.2 Å². The van der Waals surface area contributed by atoms with Gasteiger partial charge in [-0.25, -0.2) is 4.79 Å². The summed E-state index contributed by atoms with van der Waals surface area (Å²) in [6.45, 7) is 0. The van der Waals surface area contributed by atoms with Gasteiger partial charge in [0.1, 0.15) is 5.75 Å². The van der Waals surface area contributed by atoms with Crippen LogP contribution in [0.3, 0.4) is 0 Å². The lowest BCUT2D eigenvalue weighted by atomic mass is 10.1.